The van der Waals surface area contributed by atoms with E-state index in [1.54, 1.807) is 24.3 Å². The molecule has 0 radical (unpaired) electrons. The number of ether oxygens (including phenoxy) is 1. The maximum Gasteiger partial charge on any atom is 0.252 e. The number of Topliss-reactive ketones (excluding diaryl/α,β-unsaturated/α-hetero) is 1. The first-order valence-electron chi connectivity index (χ1n) is 11.7. The van der Waals surface area contributed by atoms with Gasteiger partial charge in [-0.05, 0) is 53.3 Å². The average molecular weight is 641 g/mol. The molecule has 1 aromatic heterocycles. The van der Waals surface area contributed by atoms with E-state index in [4.69, 9.17) is 4.74 Å². The van der Waals surface area contributed by atoms with Gasteiger partial charge >= 0.3 is 0 Å². The molecule has 0 unspecified atom stereocenters. The van der Waals surface area contributed by atoms with Crippen LogP contribution in [0.2, 0.25) is 0 Å². The number of carbonyl (C=O) groups is 3. The van der Waals surface area contributed by atoms with Crippen LogP contribution in [-0.2, 0) is 14.3 Å². The number of hydrogen-bond acceptors (Lipinski definition) is 7. The molecule has 1 N–H and O–H groups in total. The molecular weight excluding hydrogens is 604 g/mol. The lowest BCUT2D eigenvalue weighted by Gasteiger charge is -2.35. The molecule has 220 valence electrons. The fourth-order valence-corrected chi connectivity index (χ4v) is 5.30. The Morgan fingerprint density at radius 3 is 2.44 bits per heavy atom. The minimum Gasteiger partial charge on any atom is -0.365 e. The molecule has 39 heavy (non-hydrogen) atoms. The van der Waals surface area contributed by atoms with Crippen molar-refractivity contribution in [3.05, 3.63) is 36.2 Å². The number of aromatic nitrogens is 4. The van der Waals surface area contributed by atoms with E-state index in [1.807, 2.05) is 0 Å². The van der Waals surface area contributed by atoms with Gasteiger partial charge in [-0.25, -0.2) is 9.07 Å². The second-order valence-electron chi connectivity index (χ2n) is 9.47. The van der Waals surface area contributed by atoms with Crippen LogP contribution in [0.4, 0.5) is 4.39 Å². The maximum atomic E-state index is 14.5. The molecule has 1 aromatic carbocycles. The number of benzene rings is 1. The number of fused-ring (bicyclic) bond motifs is 1. The molecule has 2 aliphatic heterocycles. The van der Waals surface area contributed by atoms with Crippen LogP contribution < -0.4 is 5.32 Å². The van der Waals surface area contributed by atoms with Crippen LogP contribution in [0.25, 0.3) is 5.69 Å². The van der Waals surface area contributed by atoms with Gasteiger partial charge in [0, 0.05) is 5.56 Å². The number of halogens is 1. The standard InChI is InChI=1S/C23H27FN6O4.5H2S/c1-13-5-7-14(8-6-13)19(23(33)29-10-17(24)21-20(29)18(31)11-34-21)26-22(32)15-3-2-4-16(9-15)30-12-25-27-28-30;;;;;/h2-4,9,12-14,17,19-21H,5-8,10-11H2,1H3,(H,26,32);5*1H2/t13?,14?,17-,19-,20+,21+;;;;;/m0...../s1. The topological polar surface area (TPSA) is 119 Å². The molecule has 5 rings (SSSR count). The fourth-order valence-electron chi connectivity index (χ4n) is 5.30. The number of ketones is 1. The molecule has 3 fully saturated rings. The van der Waals surface area contributed by atoms with Gasteiger partial charge in [0.05, 0.1) is 12.2 Å². The predicted octanol–water partition coefficient (Wildman–Crippen LogP) is 1.67. The Balaban J connectivity index is 0.00000289. The van der Waals surface area contributed by atoms with Crippen LogP contribution >= 0.6 is 67.5 Å². The molecule has 1 saturated carbocycles. The number of nitrogens with zero attached hydrogens (tertiary/aromatic N) is 5. The van der Waals surface area contributed by atoms with Crippen molar-refractivity contribution in [3.8, 4) is 5.69 Å². The quantitative estimate of drug-likeness (QED) is 0.528. The highest BCUT2D eigenvalue weighted by atomic mass is 32.1. The van der Waals surface area contributed by atoms with Crippen LogP contribution in [0.5, 0.6) is 0 Å². The number of rotatable bonds is 5. The Morgan fingerprint density at radius 2 is 1.79 bits per heavy atom. The molecule has 1 aliphatic carbocycles. The average Bonchev–Trinajstić information content (AvgIpc) is 3.58. The van der Waals surface area contributed by atoms with Crippen LogP contribution in [0.1, 0.15) is 43.0 Å². The zero-order chi connectivity index (χ0) is 23.8. The summed E-state index contributed by atoms with van der Waals surface area (Å²) in [5.41, 5.74) is 0.946. The minimum atomic E-state index is -1.42. The molecule has 3 aliphatic rings. The van der Waals surface area contributed by atoms with E-state index in [1.165, 1.54) is 15.9 Å². The molecule has 10 nitrogen and oxygen atoms in total. The lowest BCUT2D eigenvalue weighted by Crippen LogP contribution is -2.55. The molecule has 2 amide bonds. The number of nitrogens with one attached hydrogen (secondary N) is 1. The van der Waals surface area contributed by atoms with Crippen LogP contribution in [0, 0.1) is 11.8 Å². The van der Waals surface area contributed by atoms with Gasteiger partial charge in [0.1, 0.15) is 37.3 Å². The molecular formula is C23H37FN6O4S5. The van der Waals surface area contributed by atoms with E-state index in [2.05, 4.69) is 27.8 Å². The highest BCUT2D eigenvalue weighted by molar-refractivity contribution is 7.60. The lowest BCUT2D eigenvalue weighted by atomic mass is 9.78. The number of carbonyl (C=O) groups excluding carboxylic acids is 3. The SMILES string of the molecule is CC1CCC([C@H](NC(=O)c2cccc(-n3cnnn3)c2)C(=O)N2C[C@H](F)[C@H]3OCC(=O)[C@H]32)CC1.S.S.S.S.S. The van der Waals surface area contributed by atoms with E-state index in [0.717, 1.165) is 25.7 Å². The Hall–Kier alpha value is -1.46. The summed E-state index contributed by atoms with van der Waals surface area (Å²) in [5.74, 6) is -0.682. The van der Waals surface area contributed by atoms with Gasteiger partial charge in [0.25, 0.3) is 5.91 Å². The Kier molecular flexibility index (Phi) is 15.5. The third-order valence-corrected chi connectivity index (χ3v) is 7.21. The van der Waals surface area contributed by atoms with Crippen molar-refractivity contribution in [1.29, 1.82) is 0 Å². The zero-order valence-electron chi connectivity index (χ0n) is 21.3. The predicted molar refractivity (Wildman–Crippen MR) is 169 cm³/mol. The molecule has 4 atom stereocenters. The number of amides is 2. The third kappa shape index (κ3) is 7.85. The van der Waals surface area contributed by atoms with Crippen LogP contribution in [-0.4, -0.2) is 80.2 Å². The van der Waals surface area contributed by atoms with Crippen molar-refractivity contribution in [1.82, 2.24) is 30.4 Å². The fraction of sp³-hybridized carbons (Fsp3) is 0.565. The van der Waals surface area contributed by atoms with Gasteiger partial charge in [-0.1, -0.05) is 25.8 Å². The Morgan fingerprint density at radius 1 is 1.10 bits per heavy atom. The van der Waals surface area contributed by atoms with Crippen molar-refractivity contribution in [3.63, 3.8) is 0 Å². The van der Waals surface area contributed by atoms with Gasteiger partial charge in [-0.15, -0.1) is 5.10 Å². The normalized spacial score (nSPS) is 25.8. The summed E-state index contributed by atoms with van der Waals surface area (Å²) in [6.45, 7) is 1.77. The van der Waals surface area contributed by atoms with Crippen LogP contribution in [0.3, 0.4) is 0 Å². The summed E-state index contributed by atoms with van der Waals surface area (Å²) in [6, 6.07) is 4.97. The summed E-state index contributed by atoms with van der Waals surface area (Å²) in [6.07, 6.45) is 2.51. The second kappa shape index (κ2) is 16.1. The molecule has 3 heterocycles. The lowest BCUT2D eigenvalue weighted by molar-refractivity contribution is -0.139. The van der Waals surface area contributed by atoms with E-state index in [0.29, 0.717) is 17.2 Å². The van der Waals surface area contributed by atoms with Gasteiger partial charge < -0.3 is 15.0 Å². The summed E-state index contributed by atoms with van der Waals surface area (Å²) < 4.78 is 21.3. The zero-order valence-corrected chi connectivity index (χ0v) is 26.3. The summed E-state index contributed by atoms with van der Waals surface area (Å²) in [4.78, 5) is 40.6. The molecule has 0 bridgehead atoms. The smallest absolute Gasteiger partial charge is 0.252 e. The van der Waals surface area contributed by atoms with E-state index < -0.39 is 36.2 Å². The molecule has 16 heteroatoms. The molecule has 2 saturated heterocycles. The first kappa shape index (κ1) is 37.5. The van der Waals surface area contributed by atoms with Gasteiger partial charge in [-0.2, -0.15) is 67.5 Å². The van der Waals surface area contributed by atoms with E-state index in [-0.39, 0.29) is 92.3 Å². The molecule has 2 aromatic rings. The summed E-state index contributed by atoms with van der Waals surface area (Å²) in [5, 5.41) is 14.0. The molecule has 0 spiro atoms. The summed E-state index contributed by atoms with van der Waals surface area (Å²) >= 11 is 0. The largest absolute Gasteiger partial charge is 0.365 e. The number of hydrogen-bond donors (Lipinski definition) is 1. The van der Waals surface area contributed by atoms with Crippen molar-refractivity contribution >= 4 is 85.1 Å². The first-order chi connectivity index (χ1) is 16.4. The van der Waals surface area contributed by atoms with Gasteiger partial charge in [0.2, 0.25) is 5.91 Å². The minimum absolute atomic E-state index is 0. The highest BCUT2D eigenvalue weighted by Gasteiger charge is 2.54. The van der Waals surface area contributed by atoms with Gasteiger partial charge in [0.15, 0.2) is 5.78 Å². The van der Waals surface area contributed by atoms with Crippen LogP contribution in [0.15, 0.2) is 30.6 Å². The van der Waals surface area contributed by atoms with E-state index in [9.17, 15) is 18.8 Å². The number of tetrazole rings is 1. The van der Waals surface area contributed by atoms with Crippen molar-refractivity contribution in [2.75, 3.05) is 13.2 Å². The van der Waals surface area contributed by atoms with Crippen molar-refractivity contribution in [2.45, 2.75) is 57.0 Å². The number of alkyl halides is 1. The highest BCUT2D eigenvalue weighted by Crippen LogP contribution is 2.34. The van der Waals surface area contributed by atoms with Crippen molar-refractivity contribution in [2.24, 2.45) is 11.8 Å². The monoisotopic (exact) mass is 640 g/mol. The van der Waals surface area contributed by atoms with Crippen molar-refractivity contribution < 1.29 is 23.5 Å². The Bertz CT molecular complexity index is 1090. The Labute approximate surface area is 261 Å². The summed E-state index contributed by atoms with van der Waals surface area (Å²) in [7, 11) is 0. The first-order valence-corrected chi connectivity index (χ1v) is 11.7. The maximum absolute atomic E-state index is 14.5. The second-order valence-corrected chi connectivity index (χ2v) is 9.47. The third-order valence-electron chi connectivity index (χ3n) is 7.21. The van der Waals surface area contributed by atoms with E-state index >= 15 is 0 Å². The van der Waals surface area contributed by atoms with Gasteiger partial charge in [-0.3, -0.25) is 14.4 Å². The number of likely N-dealkylation sites (tertiary alicyclic amines) is 1.